The molecule has 138 valence electrons. The van der Waals surface area contributed by atoms with Crippen LogP contribution < -0.4 is 14.9 Å². The molecule has 0 radical (unpaired) electrons. The lowest BCUT2D eigenvalue weighted by Crippen LogP contribution is -3.10. The van der Waals surface area contributed by atoms with E-state index in [-0.39, 0.29) is 30.2 Å². The van der Waals surface area contributed by atoms with Crippen molar-refractivity contribution in [3.63, 3.8) is 0 Å². The predicted molar refractivity (Wildman–Crippen MR) is 89.2 cm³/mol. The molecule has 2 saturated heterocycles. The summed E-state index contributed by atoms with van der Waals surface area (Å²) < 4.78 is 19.4. The molecule has 1 aromatic rings. The molecular weight excluding hydrogens is 369 g/mol. The van der Waals surface area contributed by atoms with Crippen LogP contribution in [0.4, 0.5) is 25.4 Å². The number of quaternary nitrogens is 1. The molecule has 0 spiro atoms. The number of ether oxygens (including phenoxy) is 1. The highest BCUT2D eigenvalue weighted by Crippen LogP contribution is 2.32. The second-order valence-corrected chi connectivity index (χ2v) is 6.65. The predicted octanol–water partition coefficient (Wildman–Crippen LogP) is 0.280. The lowest BCUT2D eigenvalue weighted by atomic mass is 10.2. The minimum atomic E-state index is -0.845. The molecule has 0 aliphatic carbocycles. The van der Waals surface area contributed by atoms with Crippen LogP contribution in [0.1, 0.15) is 6.92 Å². The Morgan fingerprint density at radius 1 is 1.42 bits per heavy atom. The molecule has 11 heteroatoms. The third-order valence-corrected chi connectivity index (χ3v) is 4.74. The Labute approximate surface area is 151 Å². The molecule has 1 N–H and O–H groups in total. The largest absolute Gasteiger partial charge is 0.627 e. The molecule has 0 aromatic heterocycles. The topological polar surface area (TPSA) is 111 Å². The Morgan fingerprint density at radius 2 is 2.15 bits per heavy atom. The molecule has 1 unspecified atom stereocenters. The highest BCUT2D eigenvalue weighted by atomic mass is 32.2. The highest BCUT2D eigenvalue weighted by Gasteiger charge is 2.36. The molecule has 26 heavy (non-hydrogen) atoms. The zero-order chi connectivity index (χ0) is 19.0. The summed E-state index contributed by atoms with van der Waals surface area (Å²) in [6.45, 7) is 0.865. The first-order valence-corrected chi connectivity index (χ1v) is 8.57. The van der Waals surface area contributed by atoms with Crippen molar-refractivity contribution >= 4 is 46.3 Å². The van der Waals surface area contributed by atoms with E-state index in [0.29, 0.717) is 0 Å². The Bertz CT molecular complexity index is 788. The molecule has 9 nitrogen and oxygen atoms in total. The summed E-state index contributed by atoms with van der Waals surface area (Å²) in [4.78, 5) is 48.2. The number of carbonyl (C=O) groups excluding carboxylic acids is 4. The molecule has 0 saturated carbocycles. The number of rotatable bonds is 4. The van der Waals surface area contributed by atoms with Crippen LogP contribution in [0.25, 0.3) is 0 Å². The number of hydrogen-bond acceptors (Lipinski definition) is 7. The van der Waals surface area contributed by atoms with E-state index < -0.39 is 40.1 Å². The van der Waals surface area contributed by atoms with Crippen molar-refractivity contribution in [2.45, 2.75) is 13.0 Å². The quantitative estimate of drug-likeness (QED) is 0.744. The Hall–Kier alpha value is -2.50. The van der Waals surface area contributed by atoms with Crippen molar-refractivity contribution in [3.8, 4) is 0 Å². The lowest BCUT2D eigenvalue weighted by Gasteiger charge is -2.20. The van der Waals surface area contributed by atoms with E-state index in [1.165, 1.54) is 12.1 Å². The summed E-state index contributed by atoms with van der Waals surface area (Å²) >= 11 is 0.782. The van der Waals surface area contributed by atoms with E-state index in [2.05, 4.69) is 0 Å². The molecule has 2 heterocycles. The summed E-state index contributed by atoms with van der Waals surface area (Å²) in [6, 6.07) is 3.61. The number of benzene rings is 1. The van der Waals surface area contributed by atoms with Crippen molar-refractivity contribution in [2.24, 2.45) is 0 Å². The lowest BCUT2D eigenvalue weighted by molar-refractivity contribution is -0.768. The standard InChI is InChI=1S/C15H14FN3O6S/c1-8(20)18(24)6-10-5-17(14(22)25-10)9-2-3-12(11(16)4-9)19-13(21)7-26-15(19)23/h2-4,10,18H,5-7H2,1H3. The van der Waals surface area contributed by atoms with Crippen LogP contribution in [0.3, 0.4) is 0 Å². The fourth-order valence-electron chi connectivity index (χ4n) is 2.62. The first kappa shape index (κ1) is 18.3. The average molecular weight is 383 g/mol. The normalized spacial score (nSPS) is 21.3. The van der Waals surface area contributed by atoms with Gasteiger partial charge in [0.05, 0.1) is 30.6 Å². The minimum absolute atomic E-state index is 0.0198. The van der Waals surface area contributed by atoms with Crippen LogP contribution in [0, 0.1) is 11.0 Å². The summed E-state index contributed by atoms with van der Waals surface area (Å²) in [7, 11) is 0. The van der Waals surface area contributed by atoms with Gasteiger partial charge in [0, 0.05) is 0 Å². The molecule has 4 amide bonds. The van der Waals surface area contributed by atoms with E-state index >= 15 is 0 Å². The van der Waals surface area contributed by atoms with Crippen LogP contribution >= 0.6 is 11.8 Å². The van der Waals surface area contributed by atoms with Gasteiger partial charge in [-0.1, -0.05) is 11.8 Å². The number of amides is 4. The van der Waals surface area contributed by atoms with Gasteiger partial charge in [-0.15, -0.1) is 0 Å². The molecule has 2 fully saturated rings. The molecule has 2 aliphatic heterocycles. The van der Waals surface area contributed by atoms with Gasteiger partial charge in [0.1, 0.15) is 12.4 Å². The second-order valence-electron chi connectivity index (χ2n) is 5.72. The van der Waals surface area contributed by atoms with Gasteiger partial charge >= 0.3 is 12.0 Å². The molecule has 2 atom stereocenters. The number of imide groups is 1. The van der Waals surface area contributed by atoms with Crippen LogP contribution in [0.2, 0.25) is 0 Å². The van der Waals surface area contributed by atoms with Gasteiger partial charge in [0.15, 0.2) is 6.10 Å². The van der Waals surface area contributed by atoms with Crippen LogP contribution in [-0.2, 0) is 14.3 Å². The van der Waals surface area contributed by atoms with E-state index in [1.54, 1.807) is 0 Å². The van der Waals surface area contributed by atoms with Crippen molar-refractivity contribution in [1.82, 2.24) is 0 Å². The maximum atomic E-state index is 14.4. The maximum Gasteiger partial charge on any atom is 0.414 e. The molecular formula is C15H14FN3O6S. The van der Waals surface area contributed by atoms with E-state index in [9.17, 15) is 28.8 Å². The number of hydroxylamine groups is 2. The van der Waals surface area contributed by atoms with Crippen molar-refractivity contribution < 1.29 is 33.4 Å². The van der Waals surface area contributed by atoms with Gasteiger partial charge in [-0.25, -0.2) is 18.9 Å². The number of thioether (sulfide) groups is 1. The van der Waals surface area contributed by atoms with Gasteiger partial charge in [-0.3, -0.25) is 14.5 Å². The molecule has 2 aliphatic rings. The smallest absolute Gasteiger partial charge is 0.414 e. The summed E-state index contributed by atoms with van der Waals surface area (Å²) in [5, 5.41) is 10.2. The zero-order valence-corrected chi connectivity index (χ0v) is 14.4. The van der Waals surface area contributed by atoms with E-state index in [0.717, 1.165) is 34.6 Å². The fraction of sp³-hybridized carbons (Fsp3) is 0.333. The van der Waals surface area contributed by atoms with Gasteiger partial charge in [-0.05, 0) is 18.2 Å². The van der Waals surface area contributed by atoms with Gasteiger partial charge in [0.25, 0.3) is 5.24 Å². The van der Waals surface area contributed by atoms with Crippen molar-refractivity contribution in [3.05, 3.63) is 29.2 Å². The third kappa shape index (κ3) is 3.41. The van der Waals surface area contributed by atoms with E-state index in [1.807, 2.05) is 0 Å². The first-order valence-electron chi connectivity index (χ1n) is 7.59. The van der Waals surface area contributed by atoms with Crippen LogP contribution in [0.5, 0.6) is 0 Å². The summed E-state index contributed by atoms with van der Waals surface area (Å²) in [5.74, 6) is -2.05. The van der Waals surface area contributed by atoms with Gasteiger partial charge < -0.3 is 15.0 Å². The van der Waals surface area contributed by atoms with Crippen molar-refractivity contribution in [1.29, 1.82) is 0 Å². The molecule has 3 rings (SSSR count). The van der Waals surface area contributed by atoms with Crippen LogP contribution in [0.15, 0.2) is 18.2 Å². The monoisotopic (exact) mass is 383 g/mol. The summed E-state index contributed by atoms with van der Waals surface area (Å²) in [6.07, 6.45) is -1.58. The van der Waals surface area contributed by atoms with Gasteiger partial charge in [-0.2, -0.15) is 0 Å². The Kier molecular flexibility index (Phi) is 4.94. The first-order chi connectivity index (χ1) is 12.3. The van der Waals surface area contributed by atoms with Gasteiger partial charge in [0.2, 0.25) is 5.91 Å². The number of anilines is 2. The number of nitrogens with zero attached hydrogens (tertiary/aromatic N) is 2. The Morgan fingerprint density at radius 3 is 2.73 bits per heavy atom. The van der Waals surface area contributed by atoms with Crippen LogP contribution in [-0.4, -0.2) is 48.1 Å². The molecule has 1 aromatic carbocycles. The number of carbonyl (C=O) groups is 4. The second kappa shape index (κ2) is 7.02. The summed E-state index contributed by atoms with van der Waals surface area (Å²) in [5.41, 5.74) is -0.0367. The number of nitrogens with one attached hydrogen (secondary N) is 1. The molecule has 0 bridgehead atoms. The van der Waals surface area contributed by atoms with E-state index in [4.69, 9.17) is 4.74 Å². The zero-order valence-electron chi connectivity index (χ0n) is 13.6. The number of cyclic esters (lactones) is 1. The number of hydrogen-bond donors (Lipinski definition) is 1. The third-order valence-electron chi connectivity index (χ3n) is 3.91. The minimum Gasteiger partial charge on any atom is -0.627 e. The van der Waals surface area contributed by atoms with Crippen molar-refractivity contribution in [2.75, 3.05) is 28.6 Å². The Balaban J connectivity index is 1.77. The highest BCUT2D eigenvalue weighted by molar-refractivity contribution is 8.15. The number of halogens is 1. The fourth-order valence-corrected chi connectivity index (χ4v) is 3.33. The average Bonchev–Trinajstić information content (AvgIpc) is 3.10. The SMILES string of the molecule is CC(=O)[N@@H+]([O-])CC1CN(c2ccc(N3C(=O)CSC3=O)c(F)c2)C(=O)O1. The maximum absolute atomic E-state index is 14.4.